The smallest absolute Gasteiger partial charge is 0.255 e. The first-order valence-electron chi connectivity index (χ1n) is 8.21. The third-order valence-electron chi connectivity index (χ3n) is 3.56. The van der Waals surface area contributed by atoms with Gasteiger partial charge in [0.2, 0.25) is 5.91 Å². The minimum Gasteiger partial charge on any atom is -0.322 e. The van der Waals surface area contributed by atoms with Crippen molar-refractivity contribution < 1.29 is 9.59 Å². The normalized spacial score (nSPS) is 10.4. The lowest BCUT2D eigenvalue weighted by atomic mass is 10.2. The fourth-order valence-electron chi connectivity index (χ4n) is 2.25. The highest BCUT2D eigenvalue weighted by atomic mass is 35.5. The Labute approximate surface area is 176 Å². The van der Waals surface area contributed by atoms with Crippen LogP contribution in [0.4, 0.5) is 11.5 Å². The summed E-state index contributed by atoms with van der Waals surface area (Å²) in [5.41, 5.74) is 1.14. The predicted molar refractivity (Wildman–Crippen MR) is 114 cm³/mol. The van der Waals surface area contributed by atoms with Gasteiger partial charge in [-0.3, -0.25) is 9.59 Å². The van der Waals surface area contributed by atoms with Crippen LogP contribution in [0.1, 0.15) is 10.4 Å². The highest BCUT2D eigenvalue weighted by Crippen LogP contribution is 2.21. The molecule has 0 bridgehead atoms. The summed E-state index contributed by atoms with van der Waals surface area (Å²) in [5.74, 6) is 0.281. The molecular formula is C20H15Cl2N3O2S. The molecular weight excluding hydrogens is 417 g/mol. The van der Waals surface area contributed by atoms with Crippen LogP contribution in [-0.2, 0) is 4.79 Å². The summed E-state index contributed by atoms with van der Waals surface area (Å²) in [6, 6.07) is 17.3. The quantitative estimate of drug-likeness (QED) is 0.514. The first-order chi connectivity index (χ1) is 13.5. The van der Waals surface area contributed by atoms with E-state index in [9.17, 15) is 9.59 Å². The molecule has 0 unspecified atom stereocenters. The number of carbonyl (C=O) groups is 2. The second-order valence-electron chi connectivity index (χ2n) is 5.69. The fourth-order valence-corrected chi connectivity index (χ4v) is 3.25. The summed E-state index contributed by atoms with van der Waals surface area (Å²) in [6.45, 7) is 0. The largest absolute Gasteiger partial charge is 0.322 e. The topological polar surface area (TPSA) is 71.1 Å². The Hall–Kier alpha value is -2.54. The minimum absolute atomic E-state index is 0.168. The molecule has 2 amide bonds. The van der Waals surface area contributed by atoms with E-state index in [4.69, 9.17) is 23.2 Å². The molecule has 142 valence electrons. The second kappa shape index (κ2) is 9.59. The number of carbonyl (C=O) groups excluding carboxylic acids is 2. The third-order valence-corrected chi connectivity index (χ3v) is 5.03. The average Bonchev–Trinajstić information content (AvgIpc) is 2.69. The molecule has 3 aromatic rings. The lowest BCUT2D eigenvalue weighted by Crippen LogP contribution is -2.14. The zero-order valence-electron chi connectivity index (χ0n) is 14.5. The molecule has 2 aromatic carbocycles. The van der Waals surface area contributed by atoms with Gasteiger partial charge in [0.05, 0.1) is 10.8 Å². The molecule has 0 spiro atoms. The van der Waals surface area contributed by atoms with Gasteiger partial charge >= 0.3 is 0 Å². The molecule has 0 saturated heterocycles. The molecule has 3 rings (SSSR count). The van der Waals surface area contributed by atoms with E-state index in [2.05, 4.69) is 15.6 Å². The molecule has 0 radical (unpaired) electrons. The van der Waals surface area contributed by atoms with Crippen molar-refractivity contribution in [1.29, 1.82) is 0 Å². The number of nitrogens with one attached hydrogen (secondary N) is 2. The van der Waals surface area contributed by atoms with Gasteiger partial charge in [0.15, 0.2) is 0 Å². The third kappa shape index (κ3) is 5.99. The van der Waals surface area contributed by atoms with Crippen molar-refractivity contribution in [2.75, 3.05) is 16.4 Å². The average molecular weight is 432 g/mol. The van der Waals surface area contributed by atoms with E-state index in [1.807, 2.05) is 12.1 Å². The van der Waals surface area contributed by atoms with Crippen LogP contribution < -0.4 is 10.6 Å². The van der Waals surface area contributed by atoms with Crippen molar-refractivity contribution in [2.24, 2.45) is 0 Å². The molecule has 1 heterocycles. The van der Waals surface area contributed by atoms with Gasteiger partial charge in [0.1, 0.15) is 5.82 Å². The van der Waals surface area contributed by atoms with Crippen molar-refractivity contribution in [3.63, 3.8) is 0 Å². The van der Waals surface area contributed by atoms with Crippen LogP contribution >= 0.6 is 35.0 Å². The summed E-state index contributed by atoms with van der Waals surface area (Å²) in [6.07, 6.45) is 1.47. The van der Waals surface area contributed by atoms with Crippen LogP contribution in [0.15, 0.2) is 71.8 Å². The Balaban J connectivity index is 1.50. The fraction of sp³-hybridized carbons (Fsp3) is 0.0500. The summed E-state index contributed by atoms with van der Waals surface area (Å²) in [5, 5.41) is 6.53. The minimum atomic E-state index is -0.238. The molecule has 0 aliphatic rings. The maximum absolute atomic E-state index is 12.2. The lowest BCUT2D eigenvalue weighted by Gasteiger charge is -2.07. The van der Waals surface area contributed by atoms with E-state index >= 15 is 0 Å². The molecule has 28 heavy (non-hydrogen) atoms. The first-order valence-corrected chi connectivity index (χ1v) is 9.95. The van der Waals surface area contributed by atoms with Crippen LogP contribution in [0.5, 0.6) is 0 Å². The monoisotopic (exact) mass is 431 g/mol. The standard InChI is InChI=1S/C20H15Cl2N3O2S/c21-14-3-1-2-13(10-14)20(27)24-16-5-7-17(8-6-16)28-12-19(26)25-18-9-4-15(22)11-23-18/h1-11H,12H2,(H,24,27)(H,23,25,26). The zero-order valence-corrected chi connectivity index (χ0v) is 16.8. The number of nitrogens with zero attached hydrogens (tertiary/aromatic N) is 1. The number of amides is 2. The Kier molecular flexibility index (Phi) is 6.92. The van der Waals surface area contributed by atoms with Crippen LogP contribution in [0.25, 0.3) is 0 Å². The van der Waals surface area contributed by atoms with Crippen molar-refractivity contribution in [3.05, 3.63) is 82.5 Å². The molecule has 5 nitrogen and oxygen atoms in total. The van der Waals surface area contributed by atoms with Crippen LogP contribution in [0.2, 0.25) is 10.0 Å². The Morgan fingerprint density at radius 1 is 0.929 bits per heavy atom. The van der Waals surface area contributed by atoms with E-state index in [1.165, 1.54) is 18.0 Å². The highest BCUT2D eigenvalue weighted by Gasteiger charge is 2.08. The van der Waals surface area contributed by atoms with E-state index in [-0.39, 0.29) is 17.6 Å². The Morgan fingerprint density at radius 2 is 1.71 bits per heavy atom. The number of hydrogen-bond donors (Lipinski definition) is 2. The van der Waals surface area contributed by atoms with Gasteiger partial charge in [-0.1, -0.05) is 29.3 Å². The molecule has 0 aliphatic heterocycles. The van der Waals surface area contributed by atoms with E-state index < -0.39 is 0 Å². The number of hydrogen-bond acceptors (Lipinski definition) is 4. The molecule has 0 saturated carbocycles. The van der Waals surface area contributed by atoms with Gasteiger partial charge in [-0.05, 0) is 54.6 Å². The number of thioether (sulfide) groups is 1. The number of aromatic nitrogens is 1. The molecule has 8 heteroatoms. The van der Waals surface area contributed by atoms with E-state index in [0.29, 0.717) is 27.1 Å². The van der Waals surface area contributed by atoms with Gasteiger partial charge < -0.3 is 10.6 Å². The van der Waals surface area contributed by atoms with Gasteiger partial charge in [0.25, 0.3) is 5.91 Å². The number of anilines is 2. The molecule has 0 atom stereocenters. The maximum Gasteiger partial charge on any atom is 0.255 e. The van der Waals surface area contributed by atoms with Gasteiger partial charge in [-0.25, -0.2) is 4.98 Å². The summed E-state index contributed by atoms with van der Waals surface area (Å²) < 4.78 is 0. The Morgan fingerprint density at radius 3 is 2.39 bits per heavy atom. The number of pyridine rings is 1. The molecule has 0 fully saturated rings. The van der Waals surface area contributed by atoms with Crippen LogP contribution in [0.3, 0.4) is 0 Å². The van der Waals surface area contributed by atoms with Gasteiger partial charge in [0, 0.05) is 27.4 Å². The van der Waals surface area contributed by atoms with Crippen molar-refractivity contribution in [2.45, 2.75) is 4.90 Å². The summed E-state index contributed by atoms with van der Waals surface area (Å²) in [4.78, 5) is 29.1. The first kappa shape index (κ1) is 20.2. The summed E-state index contributed by atoms with van der Waals surface area (Å²) in [7, 11) is 0. The lowest BCUT2D eigenvalue weighted by molar-refractivity contribution is -0.113. The Bertz CT molecular complexity index is 980. The molecule has 2 N–H and O–H groups in total. The second-order valence-corrected chi connectivity index (χ2v) is 7.61. The molecule has 0 aliphatic carbocycles. The maximum atomic E-state index is 12.2. The van der Waals surface area contributed by atoms with Crippen molar-refractivity contribution in [1.82, 2.24) is 4.98 Å². The molecule has 1 aromatic heterocycles. The predicted octanol–water partition coefficient (Wildman–Crippen LogP) is 5.37. The number of benzene rings is 2. The number of rotatable bonds is 6. The van der Waals surface area contributed by atoms with Crippen molar-refractivity contribution >= 4 is 58.3 Å². The van der Waals surface area contributed by atoms with Gasteiger partial charge in [-0.15, -0.1) is 11.8 Å². The SMILES string of the molecule is O=C(CSc1ccc(NC(=O)c2cccc(Cl)c2)cc1)Nc1ccc(Cl)cn1. The van der Waals surface area contributed by atoms with Crippen molar-refractivity contribution in [3.8, 4) is 0 Å². The van der Waals surface area contributed by atoms with E-state index in [1.54, 1.807) is 48.5 Å². The zero-order chi connectivity index (χ0) is 19.9. The van der Waals surface area contributed by atoms with E-state index in [0.717, 1.165) is 4.90 Å². The number of halogens is 2. The van der Waals surface area contributed by atoms with Crippen LogP contribution in [0, 0.1) is 0 Å². The van der Waals surface area contributed by atoms with Gasteiger partial charge in [-0.2, -0.15) is 0 Å². The highest BCUT2D eigenvalue weighted by molar-refractivity contribution is 8.00. The summed E-state index contributed by atoms with van der Waals surface area (Å²) >= 11 is 13.1. The van der Waals surface area contributed by atoms with Crippen LogP contribution in [-0.4, -0.2) is 22.6 Å².